The third-order valence-electron chi connectivity index (χ3n) is 4.35. The summed E-state index contributed by atoms with van der Waals surface area (Å²) in [7, 11) is 1.47. The molecule has 2 aromatic rings. The number of hydrogen-bond donors (Lipinski definition) is 2. The molecule has 1 aromatic heterocycles. The number of methoxy groups -OCH3 is 1. The Morgan fingerprint density at radius 1 is 1.34 bits per heavy atom. The number of amides is 1. The number of aromatic carboxylic acids is 1. The van der Waals surface area contributed by atoms with Gasteiger partial charge in [-0.2, -0.15) is 0 Å². The average molecular weight is 483 g/mol. The van der Waals surface area contributed by atoms with Crippen LogP contribution in [0.5, 0.6) is 11.5 Å². The maximum absolute atomic E-state index is 12.4. The monoisotopic (exact) mass is 482 g/mol. The molecule has 1 aromatic carbocycles. The molecule has 2 heterocycles. The molecule has 3 rings (SSSR count). The second kappa shape index (κ2) is 10.4. The third kappa shape index (κ3) is 6.49. The van der Waals surface area contributed by atoms with Crippen molar-refractivity contribution in [1.29, 1.82) is 0 Å². The molecule has 1 atom stereocenters. The minimum Gasteiger partial charge on any atom is -0.494 e. The van der Waals surface area contributed by atoms with Gasteiger partial charge in [-0.15, -0.1) is 0 Å². The van der Waals surface area contributed by atoms with Crippen molar-refractivity contribution in [1.82, 2.24) is 4.98 Å². The number of hydrogen-bond acceptors (Lipinski definition) is 8. The number of pyridine rings is 1. The number of rotatable bonds is 9. The van der Waals surface area contributed by atoms with Crippen LogP contribution in [-0.2, 0) is 14.3 Å². The molecule has 0 saturated carbocycles. The third-order valence-corrected chi connectivity index (χ3v) is 5.59. The minimum atomic E-state index is -1.06. The predicted molar refractivity (Wildman–Crippen MR) is 119 cm³/mol. The first-order chi connectivity index (χ1) is 15.2. The quantitative estimate of drug-likeness (QED) is 0.516. The van der Waals surface area contributed by atoms with E-state index in [2.05, 4.69) is 10.3 Å². The number of halogens is 1. The fraction of sp³-hybridized carbons (Fsp3) is 0.381. The Morgan fingerprint density at radius 2 is 2.12 bits per heavy atom. The van der Waals surface area contributed by atoms with Crippen molar-refractivity contribution in [2.45, 2.75) is 30.8 Å². The first kappa shape index (κ1) is 24.1. The Morgan fingerprint density at radius 3 is 2.72 bits per heavy atom. The molecular formula is C21H23ClN2O7S. The van der Waals surface area contributed by atoms with Crippen LogP contribution in [0.15, 0.2) is 35.5 Å². The molecule has 172 valence electrons. The van der Waals surface area contributed by atoms with Gasteiger partial charge in [0.2, 0.25) is 5.91 Å². The van der Waals surface area contributed by atoms with E-state index in [0.717, 1.165) is 0 Å². The fourth-order valence-corrected chi connectivity index (χ4v) is 3.72. The Labute approximate surface area is 194 Å². The van der Waals surface area contributed by atoms with Crippen molar-refractivity contribution in [3.63, 3.8) is 0 Å². The number of benzene rings is 1. The van der Waals surface area contributed by atoms with Gasteiger partial charge in [0.25, 0.3) is 0 Å². The van der Waals surface area contributed by atoms with Crippen molar-refractivity contribution < 1.29 is 33.6 Å². The number of carbonyl (C=O) groups is 2. The van der Waals surface area contributed by atoms with E-state index in [0.29, 0.717) is 33.8 Å². The molecule has 0 bridgehead atoms. The van der Waals surface area contributed by atoms with Gasteiger partial charge in [0.05, 0.1) is 40.8 Å². The van der Waals surface area contributed by atoms with E-state index in [1.807, 2.05) is 13.8 Å². The summed E-state index contributed by atoms with van der Waals surface area (Å²) in [6, 6.07) is 6.12. The number of nitrogens with zero attached hydrogens (tertiary/aromatic N) is 1. The van der Waals surface area contributed by atoms with Crippen LogP contribution in [0.3, 0.4) is 0 Å². The Balaban J connectivity index is 1.57. The lowest BCUT2D eigenvalue weighted by molar-refractivity contribution is -0.141. The fourth-order valence-electron chi connectivity index (χ4n) is 2.86. The number of carboxylic acid groups (broad SMARTS) is 1. The van der Waals surface area contributed by atoms with Gasteiger partial charge >= 0.3 is 5.97 Å². The molecule has 32 heavy (non-hydrogen) atoms. The number of thioether (sulfide) groups is 1. The van der Waals surface area contributed by atoms with Gasteiger partial charge in [-0.3, -0.25) is 4.79 Å². The van der Waals surface area contributed by atoms with Crippen LogP contribution in [0.1, 0.15) is 24.2 Å². The van der Waals surface area contributed by atoms with Crippen LogP contribution in [-0.4, -0.2) is 59.9 Å². The molecule has 0 radical (unpaired) electrons. The summed E-state index contributed by atoms with van der Waals surface area (Å²) in [6.07, 6.45) is 1.02. The number of anilines is 1. The molecule has 9 nitrogen and oxygen atoms in total. The van der Waals surface area contributed by atoms with Crippen molar-refractivity contribution in [2.75, 3.05) is 31.4 Å². The average Bonchev–Trinajstić information content (AvgIpc) is 3.10. The Bertz CT molecular complexity index is 985. The van der Waals surface area contributed by atoms with Crippen molar-refractivity contribution in [2.24, 2.45) is 0 Å². The van der Waals surface area contributed by atoms with Gasteiger partial charge in [-0.25, -0.2) is 9.78 Å². The molecule has 1 amide bonds. The summed E-state index contributed by atoms with van der Waals surface area (Å²) in [4.78, 5) is 27.3. The van der Waals surface area contributed by atoms with Crippen molar-refractivity contribution in [3.05, 3.63) is 41.0 Å². The molecule has 1 fully saturated rings. The number of carbonyl (C=O) groups excluding carboxylic acids is 1. The first-order valence-corrected chi connectivity index (χ1v) is 11.0. The van der Waals surface area contributed by atoms with Gasteiger partial charge in [0.15, 0.2) is 5.79 Å². The zero-order chi connectivity index (χ0) is 23.3. The van der Waals surface area contributed by atoms with Crippen LogP contribution in [0, 0.1) is 0 Å². The second-order valence-corrected chi connectivity index (χ2v) is 8.67. The van der Waals surface area contributed by atoms with E-state index in [9.17, 15) is 9.59 Å². The highest BCUT2D eigenvalue weighted by atomic mass is 35.5. The standard InChI is InChI=1S/C21H23ClN2O7S/c1-21(2)30-10-13(31-21)9-29-16-7-17(28-3)15(6-14(16)22)24-18(25)11-32-19-5-4-12(8-23-19)20(26)27/h4-8,13H,9-11H2,1-3H3,(H,24,25)(H,26,27)/t13-/m0/s1. The van der Waals surface area contributed by atoms with Crippen LogP contribution < -0.4 is 14.8 Å². The van der Waals surface area contributed by atoms with Gasteiger partial charge in [-0.1, -0.05) is 23.4 Å². The predicted octanol–water partition coefficient (Wildman–Crippen LogP) is 3.70. The zero-order valence-corrected chi connectivity index (χ0v) is 19.3. The second-order valence-electron chi connectivity index (χ2n) is 7.27. The number of aromatic nitrogens is 1. The molecule has 1 aliphatic rings. The van der Waals surface area contributed by atoms with E-state index in [4.69, 9.17) is 35.7 Å². The Hall–Kier alpha value is -2.53. The number of nitrogens with one attached hydrogen (secondary N) is 1. The molecule has 0 unspecified atom stereocenters. The van der Waals surface area contributed by atoms with Gasteiger partial charge in [0, 0.05) is 12.3 Å². The summed E-state index contributed by atoms with van der Waals surface area (Å²) >= 11 is 7.50. The topological polar surface area (TPSA) is 116 Å². The van der Waals surface area contributed by atoms with E-state index in [1.165, 1.54) is 31.1 Å². The van der Waals surface area contributed by atoms with Gasteiger partial charge in [-0.05, 0) is 32.0 Å². The number of carboxylic acids is 1. The highest BCUT2D eigenvalue weighted by Gasteiger charge is 2.33. The summed E-state index contributed by atoms with van der Waals surface area (Å²) in [5.74, 6) is -1.16. The molecule has 0 spiro atoms. The summed E-state index contributed by atoms with van der Waals surface area (Å²) < 4.78 is 22.3. The maximum Gasteiger partial charge on any atom is 0.337 e. The molecule has 11 heteroatoms. The van der Waals surface area contributed by atoms with E-state index >= 15 is 0 Å². The van der Waals surface area contributed by atoms with Crippen LogP contribution in [0.4, 0.5) is 5.69 Å². The van der Waals surface area contributed by atoms with Crippen molar-refractivity contribution >= 4 is 40.9 Å². The summed E-state index contributed by atoms with van der Waals surface area (Å²) in [5.41, 5.74) is 0.474. The van der Waals surface area contributed by atoms with E-state index < -0.39 is 11.8 Å². The van der Waals surface area contributed by atoms with E-state index in [1.54, 1.807) is 18.2 Å². The maximum atomic E-state index is 12.4. The highest BCUT2D eigenvalue weighted by molar-refractivity contribution is 7.99. The molecule has 2 N–H and O–H groups in total. The van der Waals surface area contributed by atoms with Crippen LogP contribution in [0.2, 0.25) is 5.02 Å². The number of ether oxygens (including phenoxy) is 4. The largest absolute Gasteiger partial charge is 0.494 e. The Kier molecular flexibility index (Phi) is 7.83. The lowest BCUT2D eigenvalue weighted by Crippen LogP contribution is -2.25. The molecule has 0 aliphatic carbocycles. The first-order valence-electron chi connectivity index (χ1n) is 9.61. The summed E-state index contributed by atoms with van der Waals surface area (Å²) in [5, 5.41) is 12.5. The van der Waals surface area contributed by atoms with Crippen LogP contribution >= 0.6 is 23.4 Å². The normalized spacial score (nSPS) is 17.1. The minimum absolute atomic E-state index is 0.0627. The smallest absolute Gasteiger partial charge is 0.337 e. The summed E-state index contributed by atoms with van der Waals surface area (Å²) in [6.45, 7) is 4.34. The SMILES string of the molecule is COc1cc(OC[C@H]2COC(C)(C)O2)c(Cl)cc1NC(=O)CSc1ccc(C(=O)O)cn1. The molecule has 1 saturated heterocycles. The zero-order valence-electron chi connectivity index (χ0n) is 17.7. The molecular weight excluding hydrogens is 460 g/mol. The van der Waals surface area contributed by atoms with Crippen molar-refractivity contribution in [3.8, 4) is 11.5 Å². The lowest BCUT2D eigenvalue weighted by Gasteiger charge is -2.18. The highest BCUT2D eigenvalue weighted by Crippen LogP contribution is 2.36. The molecule has 1 aliphatic heterocycles. The van der Waals surface area contributed by atoms with Crippen LogP contribution in [0.25, 0.3) is 0 Å². The van der Waals surface area contributed by atoms with E-state index in [-0.39, 0.29) is 29.9 Å². The van der Waals surface area contributed by atoms with Gasteiger partial charge in [0.1, 0.15) is 24.2 Å². The lowest BCUT2D eigenvalue weighted by atomic mass is 10.2. The van der Waals surface area contributed by atoms with Gasteiger partial charge < -0.3 is 29.4 Å².